The first-order valence-electron chi connectivity index (χ1n) is 9.89. The summed E-state index contributed by atoms with van der Waals surface area (Å²) in [6, 6.07) is 19.5. The van der Waals surface area contributed by atoms with Crippen LogP contribution in [0.1, 0.15) is 6.42 Å². The van der Waals surface area contributed by atoms with Gasteiger partial charge in [0, 0.05) is 30.5 Å². The summed E-state index contributed by atoms with van der Waals surface area (Å²) >= 11 is 6.09. The molecule has 0 bridgehead atoms. The number of hydrogen-bond donors (Lipinski definition) is 1. The summed E-state index contributed by atoms with van der Waals surface area (Å²) in [5.41, 5.74) is 4.24. The lowest BCUT2D eigenvalue weighted by Gasteiger charge is -2.09. The Bertz CT molecular complexity index is 1530. The van der Waals surface area contributed by atoms with Crippen molar-refractivity contribution in [2.75, 3.05) is 5.32 Å². The number of halogens is 1. The molecule has 0 saturated carbocycles. The summed E-state index contributed by atoms with van der Waals surface area (Å²) in [4.78, 5) is 32.5. The maximum absolute atomic E-state index is 12.6. The third-order valence-electron chi connectivity index (χ3n) is 5.26. The number of amides is 1. The van der Waals surface area contributed by atoms with Gasteiger partial charge >= 0.3 is 0 Å². The molecule has 0 radical (unpaired) electrons. The Kier molecular flexibility index (Phi) is 4.91. The van der Waals surface area contributed by atoms with Crippen molar-refractivity contribution in [3.05, 3.63) is 81.9 Å². The molecule has 0 fully saturated rings. The molecule has 2 heterocycles. The highest BCUT2D eigenvalue weighted by Gasteiger charge is 2.16. The van der Waals surface area contributed by atoms with Gasteiger partial charge in [-0.15, -0.1) is 0 Å². The molecule has 8 nitrogen and oxygen atoms in total. The van der Waals surface area contributed by atoms with Gasteiger partial charge in [-0.05, 0) is 24.3 Å². The normalized spacial score (nSPS) is 11.3. The van der Waals surface area contributed by atoms with Gasteiger partial charge in [0.25, 0.3) is 5.69 Å². The van der Waals surface area contributed by atoms with E-state index < -0.39 is 4.92 Å². The molecule has 0 atom stereocenters. The molecule has 158 valence electrons. The summed E-state index contributed by atoms with van der Waals surface area (Å²) in [7, 11) is 0. The molecule has 0 unspecified atom stereocenters. The molecule has 5 aromatic rings. The van der Waals surface area contributed by atoms with E-state index in [0.717, 1.165) is 27.5 Å². The predicted octanol–water partition coefficient (Wildman–Crippen LogP) is 5.33. The molecule has 0 aliphatic rings. The quantitative estimate of drug-likeness (QED) is 0.291. The number of carbonyl (C=O) groups is 1. The second-order valence-electron chi connectivity index (χ2n) is 7.27. The number of fused-ring (bicyclic) bond motifs is 4. The zero-order valence-corrected chi connectivity index (χ0v) is 17.4. The molecule has 0 spiro atoms. The van der Waals surface area contributed by atoms with Gasteiger partial charge in [-0.2, -0.15) is 0 Å². The van der Waals surface area contributed by atoms with Crippen LogP contribution in [0.15, 0.2) is 66.7 Å². The number of carbonyl (C=O) groups excluding carboxylic acids is 1. The molecule has 0 aliphatic heterocycles. The molecular formula is C23H16ClN5O3. The molecule has 32 heavy (non-hydrogen) atoms. The third-order valence-corrected chi connectivity index (χ3v) is 5.57. The topological polar surface area (TPSA) is 103 Å². The fraction of sp³-hybridized carbons (Fsp3) is 0.0870. The highest BCUT2D eigenvalue weighted by atomic mass is 35.5. The summed E-state index contributed by atoms with van der Waals surface area (Å²) in [5.74, 6) is -0.263. The van der Waals surface area contributed by atoms with Gasteiger partial charge in [0.2, 0.25) is 5.91 Å². The Morgan fingerprint density at radius 2 is 1.75 bits per heavy atom. The van der Waals surface area contributed by atoms with Crippen LogP contribution in [0.3, 0.4) is 0 Å². The Morgan fingerprint density at radius 3 is 2.50 bits per heavy atom. The molecule has 9 heteroatoms. The van der Waals surface area contributed by atoms with Gasteiger partial charge in [-0.3, -0.25) is 14.9 Å². The van der Waals surface area contributed by atoms with Crippen LogP contribution >= 0.6 is 11.6 Å². The molecule has 2 aromatic heterocycles. The highest BCUT2D eigenvalue weighted by Crippen LogP contribution is 2.29. The van der Waals surface area contributed by atoms with E-state index in [1.807, 2.05) is 53.1 Å². The van der Waals surface area contributed by atoms with Gasteiger partial charge < -0.3 is 9.88 Å². The standard InChI is InChI=1S/C23H16ClN5O3/c24-16-13-14(29(31)32)9-10-17(16)25-21(30)11-12-28-20-8-4-1-5-15(20)22-23(28)27-19-7-3-2-6-18(19)26-22/h1-10,13H,11-12H2,(H,25,30). The second-order valence-corrected chi connectivity index (χ2v) is 7.68. The maximum atomic E-state index is 12.6. The number of nitro benzene ring substituents is 1. The van der Waals surface area contributed by atoms with Gasteiger partial charge in [0.15, 0.2) is 5.65 Å². The van der Waals surface area contributed by atoms with Crippen molar-refractivity contribution in [2.45, 2.75) is 13.0 Å². The molecule has 1 amide bonds. The largest absolute Gasteiger partial charge is 0.325 e. The van der Waals surface area contributed by atoms with Gasteiger partial charge in [0.1, 0.15) is 5.52 Å². The Hall–Kier alpha value is -4.04. The summed E-state index contributed by atoms with van der Waals surface area (Å²) < 4.78 is 1.99. The molecule has 5 rings (SSSR count). The highest BCUT2D eigenvalue weighted by molar-refractivity contribution is 6.34. The van der Waals surface area contributed by atoms with E-state index in [0.29, 0.717) is 17.9 Å². The minimum Gasteiger partial charge on any atom is -0.325 e. The van der Waals surface area contributed by atoms with Crippen molar-refractivity contribution in [1.29, 1.82) is 0 Å². The lowest BCUT2D eigenvalue weighted by Crippen LogP contribution is -2.15. The number of nitrogens with one attached hydrogen (secondary N) is 1. The van der Waals surface area contributed by atoms with Crippen LogP contribution in [-0.2, 0) is 11.3 Å². The van der Waals surface area contributed by atoms with Crippen molar-refractivity contribution in [1.82, 2.24) is 14.5 Å². The van der Waals surface area contributed by atoms with Crippen LogP contribution in [0.5, 0.6) is 0 Å². The number of nitro groups is 1. The molecule has 0 saturated heterocycles. The van der Waals surface area contributed by atoms with Crippen LogP contribution < -0.4 is 5.32 Å². The van der Waals surface area contributed by atoms with Gasteiger partial charge in [-0.1, -0.05) is 41.9 Å². The summed E-state index contributed by atoms with van der Waals surface area (Å²) in [6.45, 7) is 0.382. The molecular weight excluding hydrogens is 430 g/mol. The fourth-order valence-corrected chi connectivity index (χ4v) is 3.98. The van der Waals surface area contributed by atoms with E-state index in [-0.39, 0.29) is 23.0 Å². The van der Waals surface area contributed by atoms with E-state index in [1.54, 1.807) is 0 Å². The Morgan fingerprint density at radius 1 is 1.03 bits per heavy atom. The SMILES string of the molecule is O=C(CCn1c2ccccc2c2nc3ccccc3nc21)Nc1ccc([N+](=O)[O-])cc1Cl. The minimum atomic E-state index is -0.537. The number of aromatic nitrogens is 3. The molecule has 1 N–H and O–H groups in total. The van der Waals surface area contributed by atoms with Crippen LogP contribution in [0.2, 0.25) is 5.02 Å². The van der Waals surface area contributed by atoms with E-state index in [4.69, 9.17) is 21.6 Å². The van der Waals surface area contributed by atoms with Crippen LogP contribution in [0.4, 0.5) is 11.4 Å². The first-order chi connectivity index (χ1) is 15.5. The minimum absolute atomic E-state index is 0.113. The number of nitrogens with zero attached hydrogens (tertiary/aromatic N) is 4. The zero-order valence-electron chi connectivity index (χ0n) is 16.7. The lowest BCUT2D eigenvalue weighted by molar-refractivity contribution is -0.384. The number of non-ortho nitro benzene ring substituents is 1. The Balaban J connectivity index is 1.45. The van der Waals surface area contributed by atoms with Gasteiger partial charge in [-0.25, -0.2) is 9.97 Å². The van der Waals surface area contributed by atoms with Crippen LogP contribution in [-0.4, -0.2) is 25.4 Å². The number of benzene rings is 3. The summed E-state index contributed by atoms with van der Waals surface area (Å²) in [5, 5.41) is 14.7. The van der Waals surface area contributed by atoms with E-state index in [1.165, 1.54) is 18.2 Å². The third kappa shape index (κ3) is 3.50. The first kappa shape index (κ1) is 19.9. The smallest absolute Gasteiger partial charge is 0.271 e. The van der Waals surface area contributed by atoms with Crippen LogP contribution in [0.25, 0.3) is 33.1 Å². The number of aryl methyl sites for hydroxylation is 1. The van der Waals surface area contributed by atoms with Crippen molar-refractivity contribution >= 4 is 62.0 Å². The monoisotopic (exact) mass is 445 g/mol. The molecule has 3 aromatic carbocycles. The molecule has 0 aliphatic carbocycles. The van der Waals surface area contributed by atoms with E-state index >= 15 is 0 Å². The average Bonchev–Trinajstić information content (AvgIpc) is 3.10. The number of anilines is 1. The maximum Gasteiger partial charge on any atom is 0.271 e. The van der Waals surface area contributed by atoms with Crippen molar-refractivity contribution < 1.29 is 9.72 Å². The predicted molar refractivity (Wildman–Crippen MR) is 124 cm³/mol. The number of rotatable bonds is 5. The zero-order chi connectivity index (χ0) is 22.2. The number of para-hydroxylation sites is 3. The van der Waals surface area contributed by atoms with Crippen LogP contribution in [0, 0.1) is 10.1 Å². The van der Waals surface area contributed by atoms with E-state index in [2.05, 4.69) is 5.32 Å². The summed E-state index contributed by atoms with van der Waals surface area (Å²) in [6.07, 6.45) is 0.162. The second kappa shape index (κ2) is 7.90. The van der Waals surface area contributed by atoms with Crippen molar-refractivity contribution in [3.8, 4) is 0 Å². The van der Waals surface area contributed by atoms with Gasteiger partial charge in [0.05, 0.1) is 32.2 Å². The fourth-order valence-electron chi connectivity index (χ4n) is 3.75. The van der Waals surface area contributed by atoms with Crippen molar-refractivity contribution in [2.24, 2.45) is 0 Å². The van der Waals surface area contributed by atoms with E-state index in [9.17, 15) is 14.9 Å². The van der Waals surface area contributed by atoms with Crippen molar-refractivity contribution in [3.63, 3.8) is 0 Å². The first-order valence-corrected chi connectivity index (χ1v) is 10.3. The Labute approximate surface area is 186 Å². The number of hydrogen-bond acceptors (Lipinski definition) is 5. The average molecular weight is 446 g/mol. The lowest BCUT2D eigenvalue weighted by atomic mass is 10.2.